The molecule has 0 fully saturated rings. The minimum absolute atomic E-state index is 0.196. The molecule has 1 aliphatic rings. The Balaban J connectivity index is 1.25. The van der Waals surface area contributed by atoms with E-state index in [1.54, 1.807) is 0 Å². The minimum Gasteiger partial charge on any atom is -0.453 e. The van der Waals surface area contributed by atoms with Crippen LogP contribution in [-0.2, 0) is 0 Å². The lowest BCUT2D eigenvalue weighted by atomic mass is 10.0. The lowest BCUT2D eigenvalue weighted by molar-refractivity contribution is 0.252. The second-order valence-corrected chi connectivity index (χ2v) is 14.3. The third-order valence-electron chi connectivity index (χ3n) is 10.2. The van der Waals surface area contributed by atoms with Crippen molar-refractivity contribution in [3.8, 4) is 17.2 Å². The van der Waals surface area contributed by atoms with Crippen LogP contribution in [0.5, 0.6) is 17.2 Å². The maximum Gasteiger partial charge on any atom is 0.319 e. The molecule has 1 heterocycles. The van der Waals surface area contributed by atoms with Crippen LogP contribution in [0.3, 0.4) is 0 Å². The lowest BCUT2D eigenvalue weighted by Gasteiger charge is -2.34. The topological polar surface area (TPSA) is 69.3 Å². The molecule has 53 heavy (non-hydrogen) atoms. The normalized spacial score (nSPS) is 11.7. The maximum atomic E-state index is 12.6. The second-order valence-electron chi connectivity index (χ2n) is 14.0. The average Bonchev–Trinajstić information content (AvgIpc) is 3.17. The fraction of sp³-hybridized carbons (Fsp3) is 0.545. The SMILES string of the molecule is CCCCCCCCCCCCCCCCNC(=O)Nc1ccc(OC(=S)N2c3ccc(N(CC)CC)cc3Oc3cc(N(CC)CC)ccc32)cc1. The summed E-state index contributed by atoms with van der Waals surface area (Å²) in [7, 11) is 0. The van der Waals surface area contributed by atoms with Gasteiger partial charge in [0.15, 0.2) is 11.5 Å². The van der Waals surface area contributed by atoms with Crippen LogP contribution in [0.25, 0.3) is 0 Å². The number of nitrogens with zero attached hydrogens (tertiary/aromatic N) is 3. The molecule has 0 unspecified atom stereocenters. The molecular weight excluding hydrogens is 679 g/mol. The summed E-state index contributed by atoms with van der Waals surface area (Å²) in [5.41, 5.74) is 4.52. The maximum absolute atomic E-state index is 12.6. The van der Waals surface area contributed by atoms with Gasteiger partial charge in [0.2, 0.25) is 0 Å². The summed E-state index contributed by atoms with van der Waals surface area (Å²) in [6, 6.07) is 19.6. The van der Waals surface area contributed by atoms with Gasteiger partial charge in [-0.25, -0.2) is 4.79 Å². The molecule has 2 N–H and O–H groups in total. The Morgan fingerprint density at radius 3 is 1.55 bits per heavy atom. The predicted molar refractivity (Wildman–Crippen MR) is 229 cm³/mol. The molecule has 3 aromatic rings. The molecule has 0 saturated heterocycles. The van der Waals surface area contributed by atoms with Crippen molar-refractivity contribution >= 4 is 51.9 Å². The Bertz CT molecular complexity index is 1480. The first-order chi connectivity index (χ1) is 25.9. The van der Waals surface area contributed by atoms with Gasteiger partial charge in [-0.3, -0.25) is 4.90 Å². The number of nitrogens with one attached hydrogen (secondary N) is 2. The van der Waals surface area contributed by atoms with Crippen molar-refractivity contribution in [3.05, 3.63) is 60.7 Å². The summed E-state index contributed by atoms with van der Waals surface area (Å²) >= 11 is 5.95. The molecule has 9 heteroatoms. The van der Waals surface area contributed by atoms with Crippen molar-refractivity contribution in [2.24, 2.45) is 0 Å². The molecule has 290 valence electrons. The summed E-state index contributed by atoms with van der Waals surface area (Å²) < 4.78 is 12.8. The number of carbonyl (C=O) groups excluding carboxylic acids is 1. The monoisotopic (exact) mass is 743 g/mol. The molecule has 3 aromatic carbocycles. The third kappa shape index (κ3) is 12.8. The van der Waals surface area contributed by atoms with Crippen molar-refractivity contribution in [1.82, 2.24) is 5.32 Å². The zero-order valence-corrected chi connectivity index (χ0v) is 34.0. The lowest BCUT2D eigenvalue weighted by Crippen LogP contribution is -2.32. The first-order valence-corrected chi connectivity index (χ1v) is 21.0. The molecule has 0 saturated carbocycles. The number of anilines is 5. The molecule has 0 atom stereocenters. The van der Waals surface area contributed by atoms with Crippen molar-refractivity contribution in [3.63, 3.8) is 0 Å². The summed E-state index contributed by atoms with van der Waals surface area (Å²) in [4.78, 5) is 19.1. The number of hydrogen-bond donors (Lipinski definition) is 2. The van der Waals surface area contributed by atoms with E-state index in [2.05, 4.69) is 79.3 Å². The number of rotatable bonds is 23. The molecule has 0 aliphatic carbocycles. The zero-order chi connectivity index (χ0) is 37.8. The van der Waals surface area contributed by atoms with Gasteiger partial charge in [-0.2, -0.15) is 0 Å². The van der Waals surface area contributed by atoms with Gasteiger partial charge in [0.25, 0.3) is 5.17 Å². The van der Waals surface area contributed by atoms with Crippen LogP contribution < -0.4 is 34.8 Å². The Morgan fingerprint density at radius 2 is 1.09 bits per heavy atom. The standard InChI is InChI=1S/C44H65N5O3S/c1-6-11-12-13-14-15-16-17-18-19-20-21-22-23-32-45-43(50)46-35-24-28-38(29-25-35)51-44(53)49-39-30-26-36(47(7-2)8-3)33-41(39)52-42-34-37(27-31-40(42)49)48(9-4)10-5/h24-31,33-34H,6-23,32H2,1-5H3,(H2,45,46,50). The van der Waals surface area contributed by atoms with Gasteiger partial charge in [-0.15, -0.1) is 0 Å². The second kappa shape index (κ2) is 22.9. The van der Waals surface area contributed by atoms with E-state index in [9.17, 15) is 4.79 Å². The summed E-state index contributed by atoms with van der Waals surface area (Å²) in [5, 5.41) is 6.21. The molecule has 2 amide bonds. The van der Waals surface area contributed by atoms with E-state index in [4.69, 9.17) is 21.7 Å². The highest BCUT2D eigenvalue weighted by Crippen LogP contribution is 2.49. The minimum atomic E-state index is -0.196. The predicted octanol–water partition coefficient (Wildman–Crippen LogP) is 12.6. The fourth-order valence-corrected chi connectivity index (χ4v) is 7.30. The quantitative estimate of drug-likeness (QED) is 0.0740. The highest BCUT2D eigenvalue weighted by Gasteiger charge is 2.30. The van der Waals surface area contributed by atoms with Gasteiger partial charge >= 0.3 is 6.03 Å². The van der Waals surface area contributed by atoms with Crippen LogP contribution in [0.2, 0.25) is 0 Å². The van der Waals surface area contributed by atoms with Gasteiger partial charge in [-0.05, 0) is 94.9 Å². The third-order valence-corrected chi connectivity index (χ3v) is 10.4. The number of carbonyl (C=O) groups is 1. The van der Waals surface area contributed by atoms with Crippen LogP contribution >= 0.6 is 12.2 Å². The molecule has 0 spiro atoms. The smallest absolute Gasteiger partial charge is 0.319 e. The number of amides is 2. The molecule has 0 aromatic heterocycles. The number of unbranched alkanes of at least 4 members (excludes halogenated alkanes) is 13. The molecular formula is C44H65N5O3S. The fourth-order valence-electron chi connectivity index (χ4n) is 7.00. The van der Waals surface area contributed by atoms with E-state index in [-0.39, 0.29) is 11.2 Å². The van der Waals surface area contributed by atoms with Crippen molar-refractivity contribution in [2.75, 3.05) is 52.7 Å². The van der Waals surface area contributed by atoms with Crippen LogP contribution in [0.15, 0.2) is 60.7 Å². The summed E-state index contributed by atoms with van der Waals surface area (Å²) in [5.74, 6) is 2.03. The number of ether oxygens (including phenoxy) is 2. The largest absolute Gasteiger partial charge is 0.453 e. The first-order valence-electron chi connectivity index (χ1n) is 20.5. The van der Waals surface area contributed by atoms with Crippen LogP contribution in [0.1, 0.15) is 125 Å². The van der Waals surface area contributed by atoms with Gasteiger partial charge < -0.3 is 29.9 Å². The van der Waals surface area contributed by atoms with Gasteiger partial charge in [0, 0.05) is 61.9 Å². The van der Waals surface area contributed by atoms with Crippen LogP contribution in [0, 0.1) is 0 Å². The Labute approximate surface area is 325 Å². The summed E-state index contributed by atoms with van der Waals surface area (Å²) in [6.07, 6.45) is 18.5. The Morgan fingerprint density at radius 1 is 0.642 bits per heavy atom. The van der Waals surface area contributed by atoms with Crippen molar-refractivity contribution in [1.29, 1.82) is 0 Å². The Hall–Kier alpha value is -3.98. The van der Waals surface area contributed by atoms with Gasteiger partial charge in [0.1, 0.15) is 5.75 Å². The van der Waals surface area contributed by atoms with E-state index in [0.717, 1.165) is 73.3 Å². The van der Waals surface area contributed by atoms with Crippen molar-refractivity contribution < 1.29 is 14.3 Å². The van der Waals surface area contributed by atoms with E-state index in [0.29, 0.717) is 18.0 Å². The zero-order valence-electron chi connectivity index (χ0n) is 33.2. The molecule has 4 rings (SSSR count). The number of fused-ring (bicyclic) bond motifs is 2. The van der Waals surface area contributed by atoms with Crippen LogP contribution in [0.4, 0.5) is 33.2 Å². The van der Waals surface area contributed by atoms with E-state index in [1.807, 2.05) is 41.3 Å². The molecule has 0 radical (unpaired) electrons. The van der Waals surface area contributed by atoms with E-state index < -0.39 is 0 Å². The molecule has 8 nitrogen and oxygen atoms in total. The number of hydrogen-bond acceptors (Lipinski definition) is 6. The Kier molecular flexibility index (Phi) is 18.1. The van der Waals surface area contributed by atoms with Gasteiger partial charge in [0.05, 0.1) is 11.4 Å². The van der Waals surface area contributed by atoms with Gasteiger partial charge in [-0.1, -0.05) is 90.4 Å². The van der Waals surface area contributed by atoms with E-state index in [1.165, 1.54) is 77.0 Å². The highest BCUT2D eigenvalue weighted by atomic mass is 32.1. The number of urea groups is 1. The number of benzene rings is 3. The first kappa shape index (κ1) is 41.8. The average molecular weight is 744 g/mol. The van der Waals surface area contributed by atoms with Crippen LogP contribution in [-0.4, -0.2) is 43.9 Å². The highest BCUT2D eigenvalue weighted by molar-refractivity contribution is 7.80. The summed E-state index contributed by atoms with van der Waals surface area (Å²) in [6.45, 7) is 15.2. The van der Waals surface area contributed by atoms with E-state index >= 15 is 0 Å². The van der Waals surface area contributed by atoms with Crippen molar-refractivity contribution in [2.45, 2.75) is 125 Å². The number of thiocarbonyl (C=S) groups is 1. The molecule has 1 aliphatic heterocycles. The molecule has 0 bridgehead atoms.